The van der Waals surface area contributed by atoms with Gasteiger partial charge in [0.1, 0.15) is 12.4 Å². The van der Waals surface area contributed by atoms with Crippen LogP contribution in [0.1, 0.15) is 11.1 Å². The highest BCUT2D eigenvalue weighted by atomic mass is 19.2. The molecule has 0 aliphatic heterocycles. The minimum Gasteiger partial charge on any atom is -0.489 e. The lowest BCUT2D eigenvalue weighted by molar-refractivity contribution is 0.306. The molecule has 0 heterocycles. The molecule has 0 aromatic heterocycles. The van der Waals surface area contributed by atoms with Gasteiger partial charge in [0.05, 0.1) is 0 Å². The lowest BCUT2D eigenvalue weighted by Crippen LogP contribution is -2.00. The van der Waals surface area contributed by atoms with E-state index in [0.717, 1.165) is 29.0 Å². The third-order valence-corrected chi connectivity index (χ3v) is 3.59. The number of rotatable bonds is 6. The molecule has 24 heavy (non-hydrogen) atoms. The average Bonchev–Trinajstić information content (AvgIpc) is 2.63. The summed E-state index contributed by atoms with van der Waals surface area (Å²) in [5, 5.41) is 3.06. The fourth-order valence-corrected chi connectivity index (χ4v) is 2.25. The minimum absolute atomic E-state index is 0.518. The van der Waals surface area contributed by atoms with E-state index >= 15 is 0 Å². The van der Waals surface area contributed by atoms with Gasteiger partial charge in [-0.1, -0.05) is 42.5 Å². The van der Waals surface area contributed by atoms with E-state index in [9.17, 15) is 8.78 Å². The summed E-state index contributed by atoms with van der Waals surface area (Å²) >= 11 is 0. The Labute approximate surface area is 139 Å². The monoisotopic (exact) mass is 325 g/mol. The molecule has 1 N–H and O–H groups in total. The first-order valence-corrected chi connectivity index (χ1v) is 7.65. The Balaban J connectivity index is 1.53. The third kappa shape index (κ3) is 4.32. The second-order valence-electron chi connectivity index (χ2n) is 5.40. The van der Waals surface area contributed by atoms with Crippen LogP contribution in [-0.4, -0.2) is 0 Å². The van der Waals surface area contributed by atoms with Gasteiger partial charge in [-0.15, -0.1) is 0 Å². The Morgan fingerprint density at radius 3 is 2.21 bits per heavy atom. The van der Waals surface area contributed by atoms with Gasteiger partial charge in [0, 0.05) is 18.3 Å². The first-order chi connectivity index (χ1) is 11.7. The Kier molecular flexibility index (Phi) is 5.06. The standard InChI is InChI=1S/C20H17F2NO/c21-19-11-8-17(12-20(19)22)23-13-15-6-9-18(10-7-15)24-14-16-4-2-1-3-5-16/h1-12,23H,13-14H2. The van der Waals surface area contributed by atoms with Crippen LogP contribution < -0.4 is 10.1 Å². The molecule has 0 saturated heterocycles. The number of hydrogen-bond acceptors (Lipinski definition) is 2. The number of halogens is 2. The van der Waals surface area contributed by atoms with E-state index in [2.05, 4.69) is 5.32 Å². The molecule has 0 bridgehead atoms. The van der Waals surface area contributed by atoms with Gasteiger partial charge < -0.3 is 10.1 Å². The lowest BCUT2D eigenvalue weighted by Gasteiger charge is -2.09. The van der Waals surface area contributed by atoms with Crippen molar-refractivity contribution in [1.29, 1.82) is 0 Å². The second-order valence-corrected chi connectivity index (χ2v) is 5.40. The van der Waals surface area contributed by atoms with Crippen LogP contribution in [-0.2, 0) is 13.2 Å². The zero-order valence-electron chi connectivity index (χ0n) is 13.0. The van der Waals surface area contributed by atoms with E-state index in [1.165, 1.54) is 6.07 Å². The fraction of sp³-hybridized carbons (Fsp3) is 0.100. The fourth-order valence-electron chi connectivity index (χ4n) is 2.25. The summed E-state index contributed by atoms with van der Waals surface area (Å²) in [6.07, 6.45) is 0. The van der Waals surface area contributed by atoms with Crippen LogP contribution in [0.3, 0.4) is 0 Å². The second kappa shape index (κ2) is 7.59. The van der Waals surface area contributed by atoms with E-state index in [1.54, 1.807) is 0 Å². The molecular formula is C20H17F2NO. The number of anilines is 1. The lowest BCUT2D eigenvalue weighted by atomic mass is 10.2. The van der Waals surface area contributed by atoms with Crippen molar-refractivity contribution in [3.63, 3.8) is 0 Å². The Hall–Kier alpha value is -2.88. The molecule has 3 aromatic rings. The number of nitrogens with one attached hydrogen (secondary N) is 1. The van der Waals surface area contributed by atoms with Crippen LogP contribution in [0.15, 0.2) is 72.8 Å². The summed E-state index contributed by atoms with van der Waals surface area (Å²) in [5.74, 6) is -0.916. The molecule has 0 amide bonds. The topological polar surface area (TPSA) is 21.3 Å². The van der Waals surface area contributed by atoms with Crippen molar-refractivity contribution in [2.45, 2.75) is 13.2 Å². The molecule has 0 atom stereocenters. The van der Waals surface area contributed by atoms with Crippen LogP contribution in [0.4, 0.5) is 14.5 Å². The van der Waals surface area contributed by atoms with E-state index in [4.69, 9.17) is 4.74 Å². The van der Waals surface area contributed by atoms with Crippen LogP contribution in [0.25, 0.3) is 0 Å². The normalized spacial score (nSPS) is 10.4. The molecule has 0 aliphatic carbocycles. The molecule has 0 radical (unpaired) electrons. The van der Waals surface area contributed by atoms with E-state index in [-0.39, 0.29) is 0 Å². The van der Waals surface area contributed by atoms with Gasteiger partial charge in [0.2, 0.25) is 0 Å². The molecule has 4 heteroatoms. The van der Waals surface area contributed by atoms with Crippen LogP contribution in [0, 0.1) is 11.6 Å². The summed E-state index contributed by atoms with van der Waals surface area (Å²) in [4.78, 5) is 0. The Morgan fingerprint density at radius 2 is 1.50 bits per heavy atom. The van der Waals surface area contributed by atoms with E-state index in [0.29, 0.717) is 18.8 Å². The summed E-state index contributed by atoms with van der Waals surface area (Å²) in [6.45, 7) is 1.04. The van der Waals surface area contributed by atoms with Crippen LogP contribution in [0.2, 0.25) is 0 Å². The molecule has 0 fully saturated rings. The van der Waals surface area contributed by atoms with Crippen molar-refractivity contribution in [1.82, 2.24) is 0 Å². The summed E-state index contributed by atoms with van der Waals surface area (Å²) < 4.78 is 31.8. The van der Waals surface area contributed by atoms with Crippen molar-refractivity contribution in [2.75, 3.05) is 5.32 Å². The molecule has 3 aromatic carbocycles. The zero-order valence-corrected chi connectivity index (χ0v) is 13.0. The maximum Gasteiger partial charge on any atom is 0.160 e. The van der Waals surface area contributed by atoms with Gasteiger partial charge in [-0.3, -0.25) is 0 Å². The largest absolute Gasteiger partial charge is 0.489 e. The predicted molar refractivity (Wildman–Crippen MR) is 90.9 cm³/mol. The van der Waals surface area contributed by atoms with Gasteiger partial charge >= 0.3 is 0 Å². The van der Waals surface area contributed by atoms with Crippen LogP contribution in [0.5, 0.6) is 5.75 Å². The predicted octanol–water partition coefficient (Wildman–Crippen LogP) is 5.16. The molecular weight excluding hydrogens is 308 g/mol. The summed E-state index contributed by atoms with van der Waals surface area (Å²) in [7, 11) is 0. The minimum atomic E-state index is -0.857. The molecule has 2 nitrogen and oxygen atoms in total. The van der Waals surface area contributed by atoms with Gasteiger partial charge in [0.25, 0.3) is 0 Å². The van der Waals surface area contributed by atoms with Crippen molar-refractivity contribution in [3.05, 3.63) is 95.6 Å². The summed E-state index contributed by atoms with van der Waals surface area (Å²) in [6, 6.07) is 21.4. The highest BCUT2D eigenvalue weighted by Crippen LogP contribution is 2.17. The first-order valence-electron chi connectivity index (χ1n) is 7.65. The van der Waals surface area contributed by atoms with Gasteiger partial charge in [-0.2, -0.15) is 0 Å². The number of ether oxygens (including phenoxy) is 1. The smallest absolute Gasteiger partial charge is 0.160 e. The molecule has 0 aliphatic rings. The maximum atomic E-state index is 13.2. The molecule has 3 rings (SSSR count). The third-order valence-electron chi connectivity index (χ3n) is 3.59. The van der Waals surface area contributed by atoms with Gasteiger partial charge in [-0.25, -0.2) is 8.78 Å². The molecule has 0 unspecified atom stereocenters. The average molecular weight is 325 g/mol. The molecule has 0 spiro atoms. The first kappa shape index (κ1) is 16.0. The van der Waals surface area contributed by atoms with Crippen molar-refractivity contribution >= 4 is 5.69 Å². The van der Waals surface area contributed by atoms with Gasteiger partial charge in [-0.05, 0) is 35.4 Å². The van der Waals surface area contributed by atoms with Crippen LogP contribution >= 0.6 is 0 Å². The highest BCUT2D eigenvalue weighted by Gasteiger charge is 2.02. The molecule has 0 saturated carbocycles. The Morgan fingerprint density at radius 1 is 0.750 bits per heavy atom. The zero-order chi connectivity index (χ0) is 16.8. The van der Waals surface area contributed by atoms with Crippen molar-refractivity contribution in [3.8, 4) is 5.75 Å². The maximum absolute atomic E-state index is 13.2. The Bertz CT molecular complexity index is 788. The highest BCUT2D eigenvalue weighted by molar-refractivity contribution is 5.44. The van der Waals surface area contributed by atoms with Gasteiger partial charge in [0.15, 0.2) is 11.6 Å². The summed E-state index contributed by atoms with van der Waals surface area (Å²) in [5.41, 5.74) is 2.67. The SMILES string of the molecule is Fc1ccc(NCc2ccc(OCc3ccccc3)cc2)cc1F. The number of hydrogen-bond donors (Lipinski definition) is 1. The van der Waals surface area contributed by atoms with E-state index in [1.807, 2.05) is 54.6 Å². The van der Waals surface area contributed by atoms with E-state index < -0.39 is 11.6 Å². The van der Waals surface area contributed by atoms with Crippen molar-refractivity contribution in [2.24, 2.45) is 0 Å². The quantitative estimate of drug-likeness (QED) is 0.676. The number of benzene rings is 3. The molecule has 122 valence electrons. The van der Waals surface area contributed by atoms with Crippen molar-refractivity contribution < 1.29 is 13.5 Å².